The van der Waals surface area contributed by atoms with Crippen LogP contribution in [0.1, 0.15) is 38.5 Å². The van der Waals surface area contributed by atoms with E-state index in [1.165, 1.54) is 18.1 Å². The number of alkyl halides is 3. The Balaban J connectivity index is 1.61. The smallest absolute Gasteiger partial charge is 0.416 e. The summed E-state index contributed by atoms with van der Waals surface area (Å²) in [5.41, 5.74) is 0.831. The molecule has 1 aliphatic carbocycles. The molecule has 4 atom stereocenters. The summed E-state index contributed by atoms with van der Waals surface area (Å²) in [5, 5.41) is 33.6. The topological polar surface area (TPSA) is 129 Å². The van der Waals surface area contributed by atoms with Gasteiger partial charge in [0, 0.05) is 29.8 Å². The number of hydrogen-bond donors (Lipinski definition) is 4. The van der Waals surface area contributed by atoms with Crippen molar-refractivity contribution in [1.82, 2.24) is 10.2 Å². The van der Waals surface area contributed by atoms with Crippen molar-refractivity contribution in [3.05, 3.63) is 106 Å². The van der Waals surface area contributed by atoms with Gasteiger partial charge >= 0.3 is 6.18 Å². The number of hydrogen-bond acceptors (Lipinski definition) is 7. The molecule has 232 valence electrons. The number of benzene rings is 3. The van der Waals surface area contributed by atoms with E-state index in [9.17, 15) is 38.1 Å². The monoisotopic (exact) mass is 612 g/mol. The highest BCUT2D eigenvalue weighted by atomic mass is 19.4. The standard InChI is InChI=1S/C32H31F3N2O7/c1-43-25-14-19(17-39)13-22-26-23(30(41)36-11-12-38)15-24(27(40)29(26)44-28(22)25)37(16-18-5-3-2-4-6-18)31(42)20-7-9-21(10-8-20)32(33,34)35/h2-10,13-15,24,26-27,29,38-40H,11-12,16-17H2,1H3,(H,36,41)/t24-,26+,27+,29+/m1/s1. The number of carbonyl (C=O) groups excluding carboxylic acids is 2. The number of methoxy groups -OCH3 is 1. The molecule has 1 heterocycles. The summed E-state index contributed by atoms with van der Waals surface area (Å²) in [6.07, 6.45) is -5.60. The van der Waals surface area contributed by atoms with Crippen LogP contribution in [-0.4, -0.2) is 70.5 Å². The molecule has 12 heteroatoms. The van der Waals surface area contributed by atoms with E-state index in [-0.39, 0.29) is 48.9 Å². The quantitative estimate of drug-likeness (QED) is 0.292. The van der Waals surface area contributed by atoms with Gasteiger partial charge in [-0.05, 0) is 53.6 Å². The van der Waals surface area contributed by atoms with Crippen LogP contribution in [0, 0.1) is 0 Å². The molecule has 9 nitrogen and oxygen atoms in total. The Kier molecular flexibility index (Phi) is 8.95. The zero-order chi connectivity index (χ0) is 31.6. The van der Waals surface area contributed by atoms with E-state index >= 15 is 0 Å². The van der Waals surface area contributed by atoms with Crippen LogP contribution >= 0.6 is 0 Å². The number of halogens is 3. The van der Waals surface area contributed by atoms with Gasteiger partial charge in [-0.15, -0.1) is 0 Å². The van der Waals surface area contributed by atoms with Gasteiger partial charge in [0.05, 0.1) is 37.8 Å². The second-order valence-electron chi connectivity index (χ2n) is 10.5. The van der Waals surface area contributed by atoms with Gasteiger partial charge in [-0.1, -0.05) is 30.3 Å². The van der Waals surface area contributed by atoms with Crippen molar-refractivity contribution >= 4 is 11.8 Å². The molecule has 3 aromatic carbocycles. The fourth-order valence-corrected chi connectivity index (χ4v) is 5.68. The van der Waals surface area contributed by atoms with E-state index in [1.807, 2.05) is 0 Å². The normalized spacial score (nSPS) is 20.6. The fraction of sp³-hybridized carbons (Fsp3) is 0.312. The van der Waals surface area contributed by atoms with Crippen molar-refractivity contribution in [2.45, 2.75) is 43.5 Å². The van der Waals surface area contributed by atoms with Gasteiger partial charge in [0.15, 0.2) is 11.5 Å². The molecule has 0 aromatic heterocycles. The lowest BCUT2D eigenvalue weighted by molar-refractivity contribution is -0.137. The van der Waals surface area contributed by atoms with Crippen LogP contribution in [0.25, 0.3) is 0 Å². The average Bonchev–Trinajstić information content (AvgIpc) is 3.42. The number of ether oxygens (including phenoxy) is 2. The molecule has 0 bridgehead atoms. The van der Waals surface area contributed by atoms with E-state index in [4.69, 9.17) is 9.47 Å². The van der Waals surface area contributed by atoms with Gasteiger partial charge in [0.25, 0.3) is 5.91 Å². The summed E-state index contributed by atoms with van der Waals surface area (Å²) in [6.45, 7) is -0.769. The van der Waals surface area contributed by atoms with Crippen LogP contribution in [0.5, 0.6) is 11.5 Å². The van der Waals surface area contributed by atoms with Crippen LogP contribution < -0.4 is 14.8 Å². The lowest BCUT2D eigenvalue weighted by Crippen LogP contribution is -2.55. The van der Waals surface area contributed by atoms with E-state index in [0.29, 0.717) is 16.7 Å². The van der Waals surface area contributed by atoms with Crippen molar-refractivity contribution in [3.63, 3.8) is 0 Å². The zero-order valence-electron chi connectivity index (χ0n) is 23.6. The Bertz CT molecular complexity index is 1540. The van der Waals surface area contributed by atoms with Crippen LogP contribution in [0.2, 0.25) is 0 Å². The minimum Gasteiger partial charge on any atom is -0.493 e. The molecule has 4 N–H and O–H groups in total. The first-order chi connectivity index (χ1) is 21.1. The van der Waals surface area contributed by atoms with Crippen LogP contribution in [0.4, 0.5) is 13.2 Å². The number of fused-ring (bicyclic) bond motifs is 3. The molecule has 0 saturated carbocycles. The minimum absolute atomic E-state index is 0.0483. The number of aliphatic hydroxyl groups excluding tert-OH is 3. The Hall–Kier alpha value is -4.39. The molecule has 44 heavy (non-hydrogen) atoms. The van der Waals surface area contributed by atoms with Crippen LogP contribution in [0.3, 0.4) is 0 Å². The molecule has 1 aliphatic heterocycles. The van der Waals surface area contributed by atoms with Crippen molar-refractivity contribution < 1.29 is 47.6 Å². The van der Waals surface area contributed by atoms with Gasteiger partial charge in [-0.3, -0.25) is 9.59 Å². The maximum atomic E-state index is 14.0. The Morgan fingerprint density at radius 1 is 1.02 bits per heavy atom. The summed E-state index contributed by atoms with van der Waals surface area (Å²) in [7, 11) is 1.41. The Morgan fingerprint density at radius 3 is 2.34 bits per heavy atom. The first kappa shape index (κ1) is 31.0. The Morgan fingerprint density at radius 2 is 1.73 bits per heavy atom. The van der Waals surface area contributed by atoms with Crippen LogP contribution in [-0.2, 0) is 24.1 Å². The number of rotatable bonds is 9. The molecule has 0 saturated heterocycles. The number of nitrogens with zero attached hydrogens (tertiary/aromatic N) is 1. The molecule has 5 rings (SSSR count). The van der Waals surface area contributed by atoms with Gasteiger partial charge < -0.3 is 35.0 Å². The van der Waals surface area contributed by atoms with E-state index < -0.39 is 47.7 Å². The summed E-state index contributed by atoms with van der Waals surface area (Å²) in [4.78, 5) is 28.8. The van der Waals surface area contributed by atoms with Crippen molar-refractivity contribution in [2.24, 2.45) is 0 Å². The fourth-order valence-electron chi connectivity index (χ4n) is 5.68. The van der Waals surface area contributed by atoms with Gasteiger partial charge in [-0.2, -0.15) is 13.2 Å². The summed E-state index contributed by atoms with van der Waals surface area (Å²) in [5.74, 6) is -1.52. The number of nitrogens with one attached hydrogen (secondary N) is 1. The highest BCUT2D eigenvalue weighted by molar-refractivity contribution is 5.97. The third-order valence-corrected chi connectivity index (χ3v) is 7.77. The summed E-state index contributed by atoms with van der Waals surface area (Å²) in [6, 6.07) is 14.7. The van der Waals surface area contributed by atoms with E-state index in [0.717, 1.165) is 24.3 Å². The predicted octanol–water partition coefficient (Wildman–Crippen LogP) is 3.17. The first-order valence-corrected chi connectivity index (χ1v) is 13.9. The highest BCUT2D eigenvalue weighted by Crippen LogP contribution is 2.51. The van der Waals surface area contributed by atoms with E-state index in [1.54, 1.807) is 42.5 Å². The second-order valence-corrected chi connectivity index (χ2v) is 10.5. The molecule has 2 aliphatic rings. The average molecular weight is 613 g/mol. The number of aliphatic hydroxyl groups is 3. The summed E-state index contributed by atoms with van der Waals surface area (Å²) < 4.78 is 51.4. The molecule has 0 radical (unpaired) electrons. The predicted molar refractivity (Wildman–Crippen MR) is 152 cm³/mol. The lowest BCUT2D eigenvalue weighted by Gasteiger charge is -2.40. The highest BCUT2D eigenvalue weighted by Gasteiger charge is 2.51. The van der Waals surface area contributed by atoms with E-state index in [2.05, 4.69) is 5.32 Å². The summed E-state index contributed by atoms with van der Waals surface area (Å²) >= 11 is 0. The third-order valence-electron chi connectivity index (χ3n) is 7.77. The molecule has 3 aromatic rings. The number of amides is 2. The molecule has 0 fully saturated rings. The molecular weight excluding hydrogens is 581 g/mol. The third kappa shape index (κ3) is 6.01. The molecule has 0 spiro atoms. The lowest BCUT2D eigenvalue weighted by atomic mass is 9.77. The van der Waals surface area contributed by atoms with Crippen molar-refractivity contribution in [1.29, 1.82) is 0 Å². The van der Waals surface area contributed by atoms with Gasteiger partial charge in [0.1, 0.15) is 12.2 Å². The minimum atomic E-state index is -4.59. The molecular formula is C32H31F3N2O7. The van der Waals surface area contributed by atoms with Crippen molar-refractivity contribution in [2.75, 3.05) is 20.3 Å². The second kappa shape index (κ2) is 12.7. The van der Waals surface area contributed by atoms with Crippen molar-refractivity contribution in [3.8, 4) is 11.5 Å². The zero-order valence-corrected chi connectivity index (χ0v) is 23.6. The van der Waals surface area contributed by atoms with Gasteiger partial charge in [-0.25, -0.2) is 0 Å². The number of carbonyl (C=O) groups is 2. The maximum Gasteiger partial charge on any atom is 0.416 e. The van der Waals surface area contributed by atoms with Crippen LogP contribution in [0.15, 0.2) is 78.4 Å². The SMILES string of the molecule is COc1cc(CO)cc2c1O[C@@H]1[C@@H](O)[C@H](N(Cc3ccccc3)C(=O)c3ccc(C(F)(F)F)cc3)C=C(C(=O)NCCO)[C@H]21. The molecule has 0 unspecified atom stereocenters. The van der Waals surface area contributed by atoms with Gasteiger partial charge in [0.2, 0.25) is 5.91 Å². The largest absolute Gasteiger partial charge is 0.493 e. The first-order valence-electron chi connectivity index (χ1n) is 13.9. The maximum absolute atomic E-state index is 14.0. The molecule has 2 amide bonds. The Labute approximate surface area is 251 Å².